The van der Waals surface area contributed by atoms with Crippen molar-refractivity contribution in [2.75, 3.05) is 0 Å². The molecule has 162 valence electrons. The summed E-state index contributed by atoms with van der Waals surface area (Å²) in [6.45, 7) is 2.31. The fourth-order valence-electron chi connectivity index (χ4n) is 6.30. The van der Waals surface area contributed by atoms with Crippen LogP contribution < -0.4 is 0 Å². The molecule has 1 heterocycles. The van der Waals surface area contributed by atoms with Crippen LogP contribution in [0.3, 0.4) is 0 Å². The predicted molar refractivity (Wildman–Crippen MR) is 128 cm³/mol. The summed E-state index contributed by atoms with van der Waals surface area (Å²) in [5.41, 5.74) is 4.48. The minimum absolute atomic E-state index is 0.230. The molecule has 3 fully saturated rings. The summed E-state index contributed by atoms with van der Waals surface area (Å²) >= 11 is 0. The van der Waals surface area contributed by atoms with Crippen LogP contribution in [0.2, 0.25) is 0 Å². The molecular weight excluding hydrogens is 378 g/mol. The number of fused-ring (bicyclic) bond motifs is 3. The van der Waals surface area contributed by atoms with Crippen LogP contribution in [0.5, 0.6) is 0 Å². The molecule has 1 aromatic heterocycles. The molecule has 3 heteroatoms. The molecule has 0 saturated heterocycles. The molecule has 0 unspecified atom stereocenters. The molecule has 0 atom stereocenters. The molecule has 31 heavy (non-hydrogen) atoms. The number of benzene rings is 2. The monoisotopic (exact) mass is 413 g/mol. The lowest BCUT2D eigenvalue weighted by Gasteiger charge is -2.53. The van der Waals surface area contributed by atoms with Crippen molar-refractivity contribution in [3.8, 4) is 22.5 Å². The van der Waals surface area contributed by atoms with E-state index in [1.165, 1.54) is 86.7 Å². The molecule has 0 N–H and O–H groups in total. The van der Waals surface area contributed by atoms with E-state index in [0.29, 0.717) is 5.41 Å². The van der Waals surface area contributed by atoms with Gasteiger partial charge in [-0.2, -0.15) is 0 Å². The second kappa shape index (κ2) is 8.26. The van der Waals surface area contributed by atoms with Gasteiger partial charge in [0.15, 0.2) is 5.82 Å². The Labute approximate surface area is 186 Å². The molecule has 0 radical (unpaired) electrons. The molecule has 3 aliphatic carbocycles. The molecule has 3 aromatic rings. The number of hydrogen-bond donors (Lipinski definition) is 0. The smallest absolute Gasteiger partial charge is 0.164 e. The average Bonchev–Trinajstić information content (AvgIpc) is 3.23. The predicted octanol–water partition coefficient (Wildman–Crippen LogP) is 7.32. The van der Waals surface area contributed by atoms with Gasteiger partial charge in [-0.05, 0) is 61.5 Å². The quantitative estimate of drug-likeness (QED) is 0.380. The lowest BCUT2D eigenvalue weighted by atomic mass is 9.52. The third-order valence-corrected chi connectivity index (χ3v) is 8.31. The number of unbranched alkanes of at least 4 members (excludes halogenated alkanes) is 2. The van der Waals surface area contributed by atoms with Crippen molar-refractivity contribution in [1.29, 1.82) is 0 Å². The molecule has 2 aromatic carbocycles. The van der Waals surface area contributed by atoms with Crippen LogP contribution >= 0.6 is 0 Å². The maximum absolute atomic E-state index is 4.83. The first-order chi connectivity index (χ1) is 15.2. The third kappa shape index (κ3) is 3.62. The fraction of sp³-hybridized carbons (Fsp3) is 0.500. The fourth-order valence-corrected chi connectivity index (χ4v) is 6.30. The van der Waals surface area contributed by atoms with Gasteiger partial charge < -0.3 is 4.57 Å². The van der Waals surface area contributed by atoms with Gasteiger partial charge in [-0.25, -0.2) is 0 Å². The molecule has 0 amide bonds. The minimum Gasteiger partial charge on any atom is -0.314 e. The van der Waals surface area contributed by atoms with E-state index in [0.717, 1.165) is 5.82 Å². The van der Waals surface area contributed by atoms with Gasteiger partial charge in [-0.1, -0.05) is 80.8 Å². The lowest BCUT2D eigenvalue weighted by molar-refractivity contribution is 0.0250. The molecule has 0 spiro atoms. The average molecular weight is 414 g/mol. The van der Waals surface area contributed by atoms with Crippen LogP contribution in [0, 0.1) is 5.41 Å². The van der Waals surface area contributed by atoms with Gasteiger partial charge >= 0.3 is 0 Å². The van der Waals surface area contributed by atoms with Crippen LogP contribution in [0.4, 0.5) is 0 Å². The van der Waals surface area contributed by atoms with Crippen LogP contribution in [0.15, 0.2) is 54.6 Å². The van der Waals surface area contributed by atoms with Crippen LogP contribution in [0.1, 0.15) is 77.0 Å². The van der Waals surface area contributed by atoms with Gasteiger partial charge in [-0.15, -0.1) is 10.2 Å². The van der Waals surface area contributed by atoms with E-state index in [1.54, 1.807) is 0 Å². The zero-order valence-corrected chi connectivity index (χ0v) is 19.1. The van der Waals surface area contributed by atoms with Crippen molar-refractivity contribution >= 4 is 0 Å². The highest BCUT2D eigenvalue weighted by Gasteiger charge is 2.51. The van der Waals surface area contributed by atoms with Gasteiger partial charge in [0.1, 0.15) is 5.82 Å². The van der Waals surface area contributed by atoms with Crippen LogP contribution in [-0.2, 0) is 12.5 Å². The molecule has 3 nitrogen and oxygen atoms in total. The highest BCUT2D eigenvalue weighted by molar-refractivity contribution is 5.80. The Balaban J connectivity index is 1.43. The van der Waals surface area contributed by atoms with Crippen molar-refractivity contribution in [2.45, 2.75) is 76.5 Å². The van der Waals surface area contributed by atoms with Crippen LogP contribution in [0.25, 0.3) is 22.5 Å². The number of hydrogen-bond acceptors (Lipinski definition) is 2. The van der Waals surface area contributed by atoms with E-state index in [9.17, 15) is 0 Å². The van der Waals surface area contributed by atoms with Gasteiger partial charge in [-0.3, -0.25) is 0 Å². The SMILES string of the molecule is CCCCCC12CCC(c3nnc(-c4ccccc4-c4ccccc4)n3C)(CC1)CC2. The molecule has 3 saturated carbocycles. The van der Waals surface area contributed by atoms with Crippen LogP contribution in [-0.4, -0.2) is 14.8 Å². The van der Waals surface area contributed by atoms with Crippen molar-refractivity contribution in [3.63, 3.8) is 0 Å². The van der Waals surface area contributed by atoms with Gasteiger partial charge in [0.2, 0.25) is 0 Å². The van der Waals surface area contributed by atoms with E-state index in [2.05, 4.69) is 73.1 Å². The summed E-state index contributed by atoms with van der Waals surface area (Å²) in [6, 6.07) is 19.2. The molecule has 3 aliphatic rings. The maximum atomic E-state index is 4.83. The van der Waals surface area contributed by atoms with E-state index < -0.39 is 0 Å². The van der Waals surface area contributed by atoms with E-state index in [1.807, 2.05) is 0 Å². The van der Waals surface area contributed by atoms with Crippen molar-refractivity contribution in [3.05, 3.63) is 60.4 Å². The van der Waals surface area contributed by atoms with E-state index >= 15 is 0 Å². The minimum atomic E-state index is 0.230. The zero-order valence-electron chi connectivity index (χ0n) is 19.1. The normalized spacial score (nSPS) is 25.1. The molecule has 2 bridgehead atoms. The molecule has 0 aliphatic heterocycles. The Morgan fingerprint density at radius 2 is 1.42 bits per heavy atom. The summed E-state index contributed by atoms with van der Waals surface area (Å²) in [4.78, 5) is 0. The highest BCUT2D eigenvalue weighted by Crippen LogP contribution is 2.59. The Morgan fingerprint density at radius 1 is 0.774 bits per heavy atom. The summed E-state index contributed by atoms with van der Waals surface area (Å²) < 4.78 is 2.30. The third-order valence-electron chi connectivity index (χ3n) is 8.31. The Morgan fingerprint density at radius 3 is 2.10 bits per heavy atom. The zero-order chi connectivity index (χ0) is 21.3. The summed E-state index contributed by atoms with van der Waals surface area (Å²) in [5, 5.41) is 9.58. The number of rotatable bonds is 7. The second-order valence-corrected chi connectivity index (χ2v) is 10.1. The van der Waals surface area contributed by atoms with Crippen molar-refractivity contribution in [2.24, 2.45) is 12.5 Å². The summed E-state index contributed by atoms with van der Waals surface area (Å²) in [5.74, 6) is 2.21. The van der Waals surface area contributed by atoms with E-state index in [4.69, 9.17) is 10.2 Å². The van der Waals surface area contributed by atoms with Gasteiger partial charge in [0, 0.05) is 18.0 Å². The van der Waals surface area contributed by atoms with Gasteiger partial charge in [0.25, 0.3) is 0 Å². The van der Waals surface area contributed by atoms with Crippen molar-refractivity contribution < 1.29 is 0 Å². The lowest BCUT2D eigenvalue weighted by Crippen LogP contribution is -2.45. The Hall–Kier alpha value is -2.42. The highest BCUT2D eigenvalue weighted by atomic mass is 15.3. The first-order valence-corrected chi connectivity index (χ1v) is 12.2. The summed E-state index contributed by atoms with van der Waals surface area (Å²) in [6.07, 6.45) is 13.5. The topological polar surface area (TPSA) is 30.7 Å². The van der Waals surface area contributed by atoms with E-state index in [-0.39, 0.29) is 5.41 Å². The number of nitrogens with zero attached hydrogens (tertiary/aromatic N) is 3. The Bertz CT molecular complexity index is 1010. The second-order valence-electron chi connectivity index (χ2n) is 10.1. The summed E-state index contributed by atoms with van der Waals surface area (Å²) in [7, 11) is 2.18. The molecular formula is C28H35N3. The Kier molecular flexibility index (Phi) is 5.45. The standard InChI is InChI=1S/C28H35N3/c1-3-4-10-15-27-16-19-28(20-17-27,21-18-27)26-30-29-25(31(26)2)24-14-9-8-13-23(24)22-11-6-5-7-12-22/h5-9,11-14H,3-4,10,15-21H2,1-2H3. The first-order valence-electron chi connectivity index (χ1n) is 12.2. The molecule has 6 rings (SSSR count). The van der Waals surface area contributed by atoms with Crippen molar-refractivity contribution in [1.82, 2.24) is 14.8 Å². The number of aromatic nitrogens is 3. The maximum Gasteiger partial charge on any atom is 0.164 e. The first kappa shape index (κ1) is 20.5. The largest absolute Gasteiger partial charge is 0.314 e. The van der Waals surface area contributed by atoms with Gasteiger partial charge in [0.05, 0.1) is 0 Å².